The van der Waals surface area contributed by atoms with Gasteiger partial charge in [0, 0.05) is 22.0 Å². The average Bonchev–Trinajstić information content (AvgIpc) is 2.70. The lowest BCUT2D eigenvalue weighted by Crippen LogP contribution is -2.46. The fourth-order valence-corrected chi connectivity index (χ4v) is 4.20. The molecule has 0 bridgehead atoms. The van der Waals surface area contributed by atoms with Crippen molar-refractivity contribution in [2.45, 2.75) is 58.4 Å². The summed E-state index contributed by atoms with van der Waals surface area (Å²) in [7, 11) is 0. The second-order valence-corrected chi connectivity index (χ2v) is 9.72. The van der Waals surface area contributed by atoms with Gasteiger partial charge < -0.3 is 14.6 Å². The first-order valence-corrected chi connectivity index (χ1v) is 9.76. The Morgan fingerprint density at radius 2 is 1.83 bits per heavy atom. The third-order valence-electron chi connectivity index (χ3n) is 3.30. The van der Waals surface area contributed by atoms with Crippen LogP contribution < -0.4 is 14.8 Å². The van der Waals surface area contributed by atoms with E-state index in [1.54, 1.807) is 0 Å². The van der Waals surface area contributed by atoms with Gasteiger partial charge in [0.1, 0.15) is 18.4 Å². The summed E-state index contributed by atoms with van der Waals surface area (Å²) >= 11 is 10.7. The molecule has 23 heavy (non-hydrogen) atoms. The van der Waals surface area contributed by atoms with Crippen molar-refractivity contribution in [3.8, 4) is 11.5 Å². The number of halogens is 3. The Bertz CT molecular complexity index is 612. The van der Waals surface area contributed by atoms with Crippen molar-refractivity contribution in [1.29, 1.82) is 0 Å². The zero-order valence-corrected chi connectivity index (χ0v) is 18.6. The number of aliphatic hydroxyl groups excluding tert-OH is 1. The first-order chi connectivity index (χ1) is 10.4. The molecular weight excluding hydrogens is 494 g/mol. The Hall–Kier alpha value is 0.180. The fourth-order valence-electron chi connectivity index (χ4n) is 2.50. The van der Waals surface area contributed by atoms with E-state index in [4.69, 9.17) is 9.47 Å². The number of benzene rings is 1. The van der Waals surface area contributed by atoms with Gasteiger partial charge in [0.05, 0.1) is 8.95 Å². The van der Waals surface area contributed by atoms with E-state index in [1.165, 1.54) is 0 Å². The zero-order chi connectivity index (χ0) is 17.6. The molecule has 1 atom stereocenters. The van der Waals surface area contributed by atoms with Crippen molar-refractivity contribution >= 4 is 47.8 Å². The molecule has 0 fully saturated rings. The molecule has 0 aromatic heterocycles. The van der Waals surface area contributed by atoms with Crippen molar-refractivity contribution in [2.24, 2.45) is 0 Å². The number of nitrogens with one attached hydrogen (secondary N) is 1. The van der Waals surface area contributed by atoms with Gasteiger partial charge in [-0.2, -0.15) is 0 Å². The van der Waals surface area contributed by atoms with Gasteiger partial charge in [0.2, 0.25) is 0 Å². The third kappa shape index (κ3) is 4.63. The summed E-state index contributed by atoms with van der Waals surface area (Å²) in [5.74, 6) is 1.33. The maximum Gasteiger partial charge on any atom is 0.177 e. The summed E-state index contributed by atoms with van der Waals surface area (Å²) < 4.78 is 14.6. The second kappa shape index (κ2) is 6.83. The molecule has 4 nitrogen and oxygen atoms in total. The van der Waals surface area contributed by atoms with Gasteiger partial charge in [0.25, 0.3) is 0 Å². The van der Waals surface area contributed by atoms with Gasteiger partial charge in [-0.05, 0) is 82.4 Å². The maximum absolute atomic E-state index is 10.1. The molecule has 1 unspecified atom stereocenters. The predicted octanol–water partition coefficient (Wildman–Crippen LogP) is 4.77. The summed E-state index contributed by atoms with van der Waals surface area (Å²) in [6, 6.07) is 0. The van der Waals surface area contributed by atoms with Crippen LogP contribution in [-0.2, 0) is 6.42 Å². The molecule has 2 rings (SSSR count). The molecule has 130 valence electrons. The SMILES string of the molecule is CC(C)(C)NC(O)COc1c(Br)c(Br)c(Br)c2c1OC(C)(C)C2. The first kappa shape index (κ1) is 19.5. The quantitative estimate of drug-likeness (QED) is 0.448. The van der Waals surface area contributed by atoms with E-state index >= 15 is 0 Å². The number of ether oxygens (including phenoxy) is 2. The van der Waals surface area contributed by atoms with Crippen LogP contribution in [0.5, 0.6) is 11.5 Å². The van der Waals surface area contributed by atoms with Crippen LogP contribution in [0.25, 0.3) is 0 Å². The van der Waals surface area contributed by atoms with E-state index in [2.05, 4.69) is 53.1 Å². The number of hydrogen-bond donors (Lipinski definition) is 2. The lowest BCUT2D eigenvalue weighted by Gasteiger charge is -2.26. The van der Waals surface area contributed by atoms with Crippen molar-refractivity contribution in [3.05, 3.63) is 19.0 Å². The van der Waals surface area contributed by atoms with Gasteiger partial charge in [-0.25, -0.2) is 0 Å². The summed E-state index contributed by atoms with van der Waals surface area (Å²) in [5.41, 5.74) is 0.588. The summed E-state index contributed by atoms with van der Waals surface area (Å²) in [6.07, 6.45) is 0.0166. The van der Waals surface area contributed by atoms with Crippen LogP contribution in [0.3, 0.4) is 0 Å². The van der Waals surface area contributed by atoms with Crippen LogP contribution in [0.1, 0.15) is 40.2 Å². The number of rotatable bonds is 4. The minimum atomic E-state index is -0.769. The number of aliphatic hydroxyl groups is 1. The predicted molar refractivity (Wildman–Crippen MR) is 102 cm³/mol. The van der Waals surface area contributed by atoms with E-state index < -0.39 is 6.23 Å². The summed E-state index contributed by atoms with van der Waals surface area (Å²) in [6.45, 7) is 10.2. The molecule has 1 aliphatic heterocycles. The monoisotopic (exact) mass is 513 g/mol. The Morgan fingerprint density at radius 1 is 1.22 bits per heavy atom. The van der Waals surface area contributed by atoms with Crippen LogP contribution in [0, 0.1) is 0 Å². The molecule has 0 spiro atoms. The van der Waals surface area contributed by atoms with Gasteiger partial charge in [0.15, 0.2) is 11.5 Å². The Kier molecular flexibility index (Phi) is 5.79. The highest BCUT2D eigenvalue weighted by molar-refractivity contribution is 9.14. The van der Waals surface area contributed by atoms with Crippen molar-refractivity contribution in [2.75, 3.05) is 6.61 Å². The molecular formula is C16H22Br3NO3. The number of hydrogen-bond acceptors (Lipinski definition) is 4. The van der Waals surface area contributed by atoms with E-state index in [0.717, 1.165) is 31.2 Å². The molecule has 7 heteroatoms. The average molecular weight is 516 g/mol. The molecule has 0 saturated carbocycles. The largest absolute Gasteiger partial charge is 0.484 e. The normalized spacial score (nSPS) is 17.6. The summed E-state index contributed by atoms with van der Waals surface area (Å²) in [5, 5.41) is 13.2. The highest BCUT2D eigenvalue weighted by Crippen LogP contribution is 2.53. The first-order valence-electron chi connectivity index (χ1n) is 7.38. The molecule has 0 aliphatic carbocycles. The maximum atomic E-state index is 10.1. The van der Waals surface area contributed by atoms with Gasteiger partial charge in [-0.3, -0.25) is 5.32 Å². The molecule has 1 heterocycles. The van der Waals surface area contributed by atoms with Crippen LogP contribution in [-0.4, -0.2) is 29.1 Å². The molecule has 0 amide bonds. The van der Waals surface area contributed by atoms with E-state index in [1.807, 2.05) is 34.6 Å². The van der Waals surface area contributed by atoms with Crippen molar-refractivity contribution in [3.63, 3.8) is 0 Å². The number of fused-ring (bicyclic) bond motifs is 1. The molecule has 1 aliphatic rings. The Morgan fingerprint density at radius 3 is 2.39 bits per heavy atom. The standard InChI is InChI=1S/C16H22Br3NO3/c1-15(2,3)20-9(21)7-22-14-12(19)11(18)10(17)8-6-16(4,5)23-13(8)14/h9,20-21H,6-7H2,1-5H3. The fraction of sp³-hybridized carbons (Fsp3) is 0.625. The minimum Gasteiger partial charge on any atom is -0.484 e. The van der Waals surface area contributed by atoms with Gasteiger partial charge >= 0.3 is 0 Å². The highest BCUT2D eigenvalue weighted by Gasteiger charge is 2.37. The molecule has 1 aromatic rings. The second-order valence-electron chi connectivity index (χ2n) is 7.34. The minimum absolute atomic E-state index is 0.125. The zero-order valence-electron chi connectivity index (χ0n) is 13.9. The smallest absolute Gasteiger partial charge is 0.177 e. The van der Waals surface area contributed by atoms with Crippen LogP contribution in [0.4, 0.5) is 0 Å². The van der Waals surface area contributed by atoms with Gasteiger partial charge in [-0.15, -0.1) is 0 Å². The highest BCUT2D eigenvalue weighted by atomic mass is 79.9. The van der Waals surface area contributed by atoms with E-state index in [0.29, 0.717) is 5.75 Å². The topological polar surface area (TPSA) is 50.7 Å². The lowest BCUT2D eigenvalue weighted by atomic mass is 10.0. The Labute approximate surface area is 162 Å². The third-order valence-corrected chi connectivity index (χ3v) is 6.78. The van der Waals surface area contributed by atoms with Crippen LogP contribution >= 0.6 is 47.8 Å². The van der Waals surface area contributed by atoms with E-state index in [9.17, 15) is 5.11 Å². The molecule has 2 N–H and O–H groups in total. The van der Waals surface area contributed by atoms with E-state index in [-0.39, 0.29) is 17.7 Å². The van der Waals surface area contributed by atoms with Crippen LogP contribution in [0.2, 0.25) is 0 Å². The Balaban J connectivity index is 2.27. The lowest BCUT2D eigenvalue weighted by molar-refractivity contribution is 0.0539. The molecule has 0 saturated heterocycles. The van der Waals surface area contributed by atoms with Crippen LogP contribution in [0.15, 0.2) is 13.4 Å². The van der Waals surface area contributed by atoms with Crippen molar-refractivity contribution < 1.29 is 14.6 Å². The molecule has 1 aromatic carbocycles. The molecule has 0 radical (unpaired) electrons. The summed E-state index contributed by atoms with van der Waals surface area (Å²) in [4.78, 5) is 0. The van der Waals surface area contributed by atoms with Gasteiger partial charge in [-0.1, -0.05) is 0 Å². The van der Waals surface area contributed by atoms with Crippen molar-refractivity contribution in [1.82, 2.24) is 5.32 Å².